The van der Waals surface area contributed by atoms with Crippen molar-refractivity contribution in [1.82, 2.24) is 0 Å². The third-order valence-electron chi connectivity index (χ3n) is 10.5. The highest BCUT2D eigenvalue weighted by Crippen LogP contribution is 2.67. The lowest BCUT2D eigenvalue weighted by atomic mass is 9.56. The Kier molecular flexibility index (Phi) is 8.57. The van der Waals surface area contributed by atoms with Gasteiger partial charge in [-0.1, -0.05) is 11.6 Å². The first kappa shape index (κ1) is 37.5. The molecule has 3 fully saturated rings. The lowest BCUT2D eigenvalue weighted by molar-refractivity contribution is -0.143. The number of carbonyl (C=O) groups is 4. The number of phenolic OH excluding ortho intramolecular Hbond substituents is 1. The van der Waals surface area contributed by atoms with Gasteiger partial charge in [0.2, 0.25) is 11.8 Å². The van der Waals surface area contributed by atoms with Crippen molar-refractivity contribution in [2.75, 3.05) is 24.0 Å². The van der Waals surface area contributed by atoms with Crippen molar-refractivity contribution in [3.8, 4) is 17.2 Å². The number of ether oxygens (including phenoxy) is 2. The first-order valence-corrected chi connectivity index (χ1v) is 16.8. The summed E-state index contributed by atoms with van der Waals surface area (Å²) in [5.74, 6) is -11.4. The number of fused-ring (bicyclic) bond motifs is 4. The van der Waals surface area contributed by atoms with Crippen LogP contribution >= 0.6 is 23.2 Å². The van der Waals surface area contributed by atoms with Gasteiger partial charge >= 0.3 is 12.4 Å². The Hall–Kier alpha value is -4.83. The molecule has 7 rings (SSSR count). The zero-order valence-electron chi connectivity index (χ0n) is 27.7. The second kappa shape index (κ2) is 12.3. The first-order chi connectivity index (χ1) is 25.2. The molecule has 4 amide bonds. The zero-order chi connectivity index (χ0) is 39.4. The smallest absolute Gasteiger partial charge is 0.416 e. The number of allylic oxidation sites excluding steroid dienone is 2. The Morgan fingerprint density at radius 3 is 1.83 bits per heavy atom. The number of nitrogens with zero attached hydrogens (tertiary/aromatic N) is 2. The Balaban J connectivity index is 1.43. The molecule has 6 atom stereocenters. The number of hydrogen-bond acceptors (Lipinski definition) is 7. The average molecular weight is 801 g/mol. The van der Waals surface area contributed by atoms with Crippen molar-refractivity contribution in [3.63, 3.8) is 0 Å². The van der Waals surface area contributed by atoms with Crippen LogP contribution in [0.1, 0.15) is 35.4 Å². The van der Waals surface area contributed by atoms with Gasteiger partial charge in [0.25, 0.3) is 11.8 Å². The van der Waals surface area contributed by atoms with Gasteiger partial charge in [-0.25, -0.2) is 14.2 Å². The van der Waals surface area contributed by atoms with Crippen LogP contribution in [0.2, 0.25) is 0 Å². The Morgan fingerprint density at radius 2 is 1.31 bits per heavy atom. The lowest BCUT2D eigenvalue weighted by Crippen LogP contribution is -2.60. The van der Waals surface area contributed by atoms with Crippen LogP contribution in [0.25, 0.3) is 0 Å². The third-order valence-corrected chi connectivity index (χ3v) is 12.0. The number of alkyl halides is 8. The monoisotopic (exact) mass is 800 g/mol. The van der Waals surface area contributed by atoms with E-state index < -0.39 is 98.5 Å². The Bertz CT molecular complexity index is 2120. The summed E-state index contributed by atoms with van der Waals surface area (Å²) >= 11 is 14.7. The molecule has 0 radical (unpaired) electrons. The number of aromatic hydroxyl groups is 1. The molecule has 0 bridgehead atoms. The number of amides is 4. The minimum Gasteiger partial charge on any atom is -0.508 e. The minimum atomic E-state index is -5.29. The largest absolute Gasteiger partial charge is 0.508 e. The van der Waals surface area contributed by atoms with Gasteiger partial charge in [0.15, 0.2) is 9.75 Å². The van der Waals surface area contributed by atoms with Gasteiger partial charge in [0, 0.05) is 23.6 Å². The molecule has 3 aromatic carbocycles. The number of anilines is 2. The topological polar surface area (TPSA) is 113 Å². The quantitative estimate of drug-likeness (QED) is 0.124. The van der Waals surface area contributed by atoms with E-state index in [2.05, 4.69) is 0 Å². The normalized spacial score (nSPS) is 28.2. The number of phenols is 1. The van der Waals surface area contributed by atoms with Crippen molar-refractivity contribution in [2.24, 2.45) is 17.8 Å². The van der Waals surface area contributed by atoms with Crippen molar-refractivity contribution in [2.45, 2.75) is 40.9 Å². The summed E-state index contributed by atoms with van der Waals surface area (Å²) < 4.78 is 108. The van der Waals surface area contributed by atoms with Gasteiger partial charge < -0.3 is 14.6 Å². The molecule has 2 aliphatic carbocycles. The summed E-state index contributed by atoms with van der Waals surface area (Å²) in [4.78, 5) is 53.3. The summed E-state index contributed by atoms with van der Waals surface area (Å²) in [6.45, 7) is 0. The van der Waals surface area contributed by atoms with E-state index in [9.17, 15) is 55.0 Å². The highest BCUT2D eigenvalue weighted by molar-refractivity contribution is 6.58. The SMILES string of the molecule is COc1cc(O)cc(OC)c1C1C2=CCC3C(=O)N(c4cc(C(F)(F)F)cc(C(F)(F)F)c4)C(=O)C3C2CC2(Cl)C(=O)N(c3ccc(F)cc3)C(=O)C12Cl. The fraction of sp³-hybridized carbons (Fsp3) is 0.333. The molecule has 1 saturated carbocycles. The van der Waals surface area contributed by atoms with Gasteiger partial charge in [-0.05, 0) is 61.2 Å². The molecule has 4 aliphatic rings. The maximum atomic E-state index is 14.6. The molecular formula is C36H25Cl2F7N2O7. The van der Waals surface area contributed by atoms with Crippen LogP contribution in [0.3, 0.4) is 0 Å². The average Bonchev–Trinajstić information content (AvgIpc) is 3.45. The molecule has 18 heteroatoms. The predicted molar refractivity (Wildman–Crippen MR) is 177 cm³/mol. The molecule has 2 saturated heterocycles. The van der Waals surface area contributed by atoms with Crippen LogP contribution in [-0.2, 0) is 31.5 Å². The molecule has 2 aliphatic heterocycles. The number of halogens is 9. The van der Waals surface area contributed by atoms with E-state index in [1.165, 1.54) is 20.3 Å². The summed E-state index contributed by atoms with van der Waals surface area (Å²) in [6, 6.07) is 6.90. The van der Waals surface area contributed by atoms with E-state index in [0.29, 0.717) is 4.90 Å². The summed E-state index contributed by atoms with van der Waals surface area (Å²) in [7, 11) is 2.43. The molecular weight excluding hydrogens is 776 g/mol. The van der Waals surface area contributed by atoms with Gasteiger partial charge in [0.1, 0.15) is 23.1 Å². The number of benzene rings is 3. The van der Waals surface area contributed by atoms with Crippen LogP contribution in [0, 0.1) is 23.6 Å². The number of hydrogen-bond donors (Lipinski definition) is 1. The second-order valence-corrected chi connectivity index (χ2v) is 14.5. The van der Waals surface area contributed by atoms with E-state index in [1.807, 2.05) is 0 Å². The van der Waals surface area contributed by atoms with E-state index in [-0.39, 0.29) is 63.6 Å². The van der Waals surface area contributed by atoms with E-state index in [1.54, 1.807) is 0 Å². The van der Waals surface area contributed by atoms with Crippen LogP contribution in [-0.4, -0.2) is 52.7 Å². The standard InChI is InChI=1S/C36H25Cl2F7N2O7/c1-53-24-12-20(48)13-25(54-2)27(24)28-21-7-8-22-26(30(50)46(29(22)49)19-10-15(35(40,41)42)9-16(11-19)36(43,44)45)23(21)14-33(37)31(51)47(32(52)34(28,33)38)18-5-3-17(39)4-6-18/h3-7,9-13,22-23,26,28,48H,8,14H2,1-2H3. The van der Waals surface area contributed by atoms with Crippen molar-refractivity contribution in [3.05, 3.63) is 88.8 Å². The fourth-order valence-corrected chi connectivity index (χ4v) is 9.17. The highest BCUT2D eigenvalue weighted by Gasteiger charge is 2.77. The number of rotatable bonds is 5. The van der Waals surface area contributed by atoms with Gasteiger partial charge in [0.05, 0.1) is 48.6 Å². The fourth-order valence-electron chi connectivity index (χ4n) is 8.25. The Morgan fingerprint density at radius 1 is 0.759 bits per heavy atom. The molecule has 2 heterocycles. The molecule has 1 N–H and O–H groups in total. The van der Waals surface area contributed by atoms with Gasteiger partial charge in [-0.3, -0.25) is 19.2 Å². The highest BCUT2D eigenvalue weighted by atomic mass is 35.5. The van der Waals surface area contributed by atoms with E-state index >= 15 is 0 Å². The van der Waals surface area contributed by atoms with Crippen molar-refractivity contribution >= 4 is 58.2 Å². The number of imide groups is 2. The van der Waals surface area contributed by atoms with E-state index in [4.69, 9.17) is 32.7 Å². The van der Waals surface area contributed by atoms with Crippen LogP contribution < -0.4 is 19.3 Å². The maximum Gasteiger partial charge on any atom is 0.416 e. The van der Waals surface area contributed by atoms with E-state index in [0.717, 1.165) is 36.4 Å². The molecule has 3 aromatic rings. The molecule has 9 nitrogen and oxygen atoms in total. The lowest BCUT2D eigenvalue weighted by Gasteiger charge is -2.51. The summed E-state index contributed by atoms with van der Waals surface area (Å²) in [6.07, 6.45) is -10.0. The molecule has 0 spiro atoms. The molecule has 54 heavy (non-hydrogen) atoms. The molecule has 6 unspecified atom stereocenters. The van der Waals surface area contributed by atoms with Crippen LogP contribution in [0.4, 0.5) is 42.1 Å². The maximum absolute atomic E-state index is 14.6. The number of carbonyl (C=O) groups excluding carboxylic acids is 4. The van der Waals surface area contributed by atoms with Gasteiger partial charge in [-0.2, -0.15) is 26.3 Å². The van der Waals surface area contributed by atoms with Crippen LogP contribution in [0.15, 0.2) is 66.2 Å². The second-order valence-electron chi connectivity index (χ2n) is 13.3. The summed E-state index contributed by atoms with van der Waals surface area (Å²) in [5.41, 5.74) is -4.46. The van der Waals surface area contributed by atoms with Crippen molar-refractivity contribution in [1.29, 1.82) is 0 Å². The molecule has 284 valence electrons. The predicted octanol–water partition coefficient (Wildman–Crippen LogP) is 7.35. The van der Waals surface area contributed by atoms with Crippen LogP contribution in [0.5, 0.6) is 17.2 Å². The zero-order valence-corrected chi connectivity index (χ0v) is 29.2. The Labute approximate surface area is 310 Å². The van der Waals surface area contributed by atoms with Crippen molar-refractivity contribution < 1.29 is 64.5 Å². The first-order valence-electron chi connectivity index (χ1n) is 16.0. The molecule has 0 aromatic heterocycles. The number of methoxy groups -OCH3 is 2. The third kappa shape index (κ3) is 5.27. The minimum absolute atomic E-state index is 0.0179. The summed E-state index contributed by atoms with van der Waals surface area (Å²) in [5, 5.41) is 10.5. The van der Waals surface area contributed by atoms with Gasteiger partial charge in [-0.15, -0.1) is 23.2 Å².